The summed E-state index contributed by atoms with van der Waals surface area (Å²) >= 11 is 0. The summed E-state index contributed by atoms with van der Waals surface area (Å²) in [6, 6.07) is 0. The molecule has 0 aliphatic heterocycles. The highest BCUT2D eigenvalue weighted by Crippen LogP contribution is 2.46. The fourth-order valence-corrected chi connectivity index (χ4v) is 2.23. The third kappa shape index (κ3) is 2.20. The maximum Gasteiger partial charge on any atom is 0.0725 e. The van der Waals surface area contributed by atoms with E-state index in [-0.39, 0.29) is 0 Å². The molecule has 1 aliphatic rings. The molecule has 0 saturated heterocycles. The number of ether oxygens (including phenoxy) is 1. The van der Waals surface area contributed by atoms with Gasteiger partial charge >= 0.3 is 0 Å². The van der Waals surface area contributed by atoms with E-state index < -0.39 is 0 Å². The van der Waals surface area contributed by atoms with Crippen molar-refractivity contribution in [3.63, 3.8) is 0 Å². The minimum absolute atomic E-state index is 0.308. The van der Waals surface area contributed by atoms with Crippen LogP contribution in [0.5, 0.6) is 0 Å². The standard InChI is InChI=1S/C10H21NO/c1-4-12-9(7-11)8-5-10(2,3)6-8/h8-9H,4-7,11H2,1-3H3. The van der Waals surface area contributed by atoms with Crippen LogP contribution in [-0.2, 0) is 4.74 Å². The van der Waals surface area contributed by atoms with E-state index in [1.165, 1.54) is 12.8 Å². The van der Waals surface area contributed by atoms with Gasteiger partial charge in [0, 0.05) is 13.2 Å². The lowest BCUT2D eigenvalue weighted by atomic mass is 9.62. The maximum absolute atomic E-state index is 5.63. The van der Waals surface area contributed by atoms with Gasteiger partial charge in [-0.15, -0.1) is 0 Å². The van der Waals surface area contributed by atoms with E-state index >= 15 is 0 Å². The highest BCUT2D eigenvalue weighted by molar-refractivity contribution is 4.91. The first-order valence-corrected chi connectivity index (χ1v) is 4.90. The Morgan fingerprint density at radius 2 is 2.08 bits per heavy atom. The van der Waals surface area contributed by atoms with E-state index in [0.717, 1.165) is 6.61 Å². The van der Waals surface area contributed by atoms with Gasteiger partial charge in [0.25, 0.3) is 0 Å². The van der Waals surface area contributed by atoms with Crippen molar-refractivity contribution in [1.82, 2.24) is 0 Å². The van der Waals surface area contributed by atoms with E-state index in [4.69, 9.17) is 10.5 Å². The van der Waals surface area contributed by atoms with Gasteiger partial charge < -0.3 is 10.5 Å². The van der Waals surface area contributed by atoms with Crippen LogP contribution >= 0.6 is 0 Å². The van der Waals surface area contributed by atoms with Gasteiger partial charge in [0.05, 0.1) is 6.10 Å². The zero-order valence-electron chi connectivity index (χ0n) is 8.47. The first-order valence-electron chi connectivity index (χ1n) is 4.90. The van der Waals surface area contributed by atoms with Gasteiger partial charge in [-0.3, -0.25) is 0 Å². The van der Waals surface area contributed by atoms with E-state index in [2.05, 4.69) is 13.8 Å². The molecule has 12 heavy (non-hydrogen) atoms. The largest absolute Gasteiger partial charge is 0.377 e. The molecule has 72 valence electrons. The van der Waals surface area contributed by atoms with Crippen LogP contribution in [0.25, 0.3) is 0 Å². The second-order valence-corrected chi connectivity index (χ2v) is 4.56. The first-order chi connectivity index (χ1) is 5.59. The van der Waals surface area contributed by atoms with Gasteiger partial charge in [0.15, 0.2) is 0 Å². The quantitative estimate of drug-likeness (QED) is 0.700. The van der Waals surface area contributed by atoms with E-state index in [9.17, 15) is 0 Å². The highest BCUT2D eigenvalue weighted by atomic mass is 16.5. The van der Waals surface area contributed by atoms with Crippen molar-refractivity contribution in [3.8, 4) is 0 Å². The molecule has 1 rings (SSSR count). The second-order valence-electron chi connectivity index (χ2n) is 4.56. The molecular formula is C10H21NO. The molecule has 0 spiro atoms. The summed E-state index contributed by atoms with van der Waals surface area (Å²) in [5, 5.41) is 0. The molecule has 0 bridgehead atoms. The molecule has 0 amide bonds. The Morgan fingerprint density at radius 3 is 2.42 bits per heavy atom. The summed E-state index contributed by atoms with van der Waals surface area (Å²) < 4.78 is 5.56. The lowest BCUT2D eigenvalue weighted by molar-refractivity contribution is -0.0489. The molecule has 1 aliphatic carbocycles. The minimum Gasteiger partial charge on any atom is -0.377 e. The molecule has 1 fully saturated rings. The summed E-state index contributed by atoms with van der Waals surface area (Å²) in [4.78, 5) is 0. The van der Waals surface area contributed by atoms with Crippen molar-refractivity contribution in [2.75, 3.05) is 13.2 Å². The van der Waals surface area contributed by atoms with Crippen molar-refractivity contribution >= 4 is 0 Å². The van der Waals surface area contributed by atoms with Crippen LogP contribution < -0.4 is 5.73 Å². The van der Waals surface area contributed by atoms with Crippen LogP contribution in [0.4, 0.5) is 0 Å². The monoisotopic (exact) mass is 171 g/mol. The summed E-state index contributed by atoms with van der Waals surface area (Å²) in [6.45, 7) is 8.12. The average molecular weight is 171 g/mol. The predicted molar refractivity (Wildman–Crippen MR) is 51.0 cm³/mol. The maximum atomic E-state index is 5.63. The molecule has 0 heterocycles. The molecule has 0 aromatic carbocycles. The fraction of sp³-hybridized carbons (Fsp3) is 1.00. The van der Waals surface area contributed by atoms with Gasteiger partial charge in [0.1, 0.15) is 0 Å². The Bertz CT molecular complexity index is 137. The Hall–Kier alpha value is -0.0800. The predicted octanol–water partition coefficient (Wildman–Crippen LogP) is 1.79. The van der Waals surface area contributed by atoms with Crippen LogP contribution in [0.3, 0.4) is 0 Å². The molecular weight excluding hydrogens is 150 g/mol. The van der Waals surface area contributed by atoms with Crippen LogP contribution in [0.2, 0.25) is 0 Å². The van der Waals surface area contributed by atoms with Crippen molar-refractivity contribution in [2.45, 2.75) is 39.7 Å². The molecule has 1 saturated carbocycles. The van der Waals surface area contributed by atoms with Crippen LogP contribution in [-0.4, -0.2) is 19.3 Å². The normalized spacial score (nSPS) is 25.0. The smallest absolute Gasteiger partial charge is 0.0725 e. The highest BCUT2D eigenvalue weighted by Gasteiger charge is 2.40. The molecule has 0 radical (unpaired) electrons. The van der Waals surface area contributed by atoms with Gasteiger partial charge in [-0.05, 0) is 31.1 Å². The lowest BCUT2D eigenvalue weighted by Crippen LogP contribution is -2.43. The Kier molecular flexibility index (Phi) is 3.13. The Morgan fingerprint density at radius 1 is 1.50 bits per heavy atom. The van der Waals surface area contributed by atoms with Gasteiger partial charge in [0.2, 0.25) is 0 Å². The van der Waals surface area contributed by atoms with Crippen LogP contribution in [0.1, 0.15) is 33.6 Å². The van der Waals surface area contributed by atoms with E-state index in [1.807, 2.05) is 6.92 Å². The third-order valence-electron chi connectivity index (χ3n) is 2.77. The molecule has 2 nitrogen and oxygen atoms in total. The van der Waals surface area contributed by atoms with Crippen molar-refractivity contribution < 1.29 is 4.74 Å². The number of rotatable bonds is 4. The molecule has 0 aromatic heterocycles. The molecule has 0 aromatic rings. The fourth-order valence-electron chi connectivity index (χ4n) is 2.23. The molecule has 2 N–H and O–H groups in total. The summed E-state index contributed by atoms with van der Waals surface area (Å²) in [7, 11) is 0. The number of nitrogens with two attached hydrogens (primary N) is 1. The lowest BCUT2D eigenvalue weighted by Gasteiger charge is -2.46. The molecule has 2 heteroatoms. The van der Waals surface area contributed by atoms with E-state index in [1.54, 1.807) is 0 Å². The summed E-state index contributed by atoms with van der Waals surface area (Å²) in [6.07, 6.45) is 2.85. The first kappa shape index (κ1) is 10.0. The van der Waals surface area contributed by atoms with Crippen molar-refractivity contribution in [1.29, 1.82) is 0 Å². The Balaban J connectivity index is 2.29. The van der Waals surface area contributed by atoms with Crippen LogP contribution in [0.15, 0.2) is 0 Å². The zero-order valence-corrected chi connectivity index (χ0v) is 8.47. The zero-order chi connectivity index (χ0) is 9.19. The van der Waals surface area contributed by atoms with Gasteiger partial charge in [-0.2, -0.15) is 0 Å². The molecule has 1 unspecified atom stereocenters. The van der Waals surface area contributed by atoms with Crippen LogP contribution in [0, 0.1) is 11.3 Å². The third-order valence-corrected chi connectivity index (χ3v) is 2.77. The topological polar surface area (TPSA) is 35.2 Å². The van der Waals surface area contributed by atoms with Gasteiger partial charge in [-0.1, -0.05) is 13.8 Å². The number of hydrogen-bond acceptors (Lipinski definition) is 2. The number of hydrogen-bond donors (Lipinski definition) is 1. The minimum atomic E-state index is 0.308. The Labute approximate surface area is 75.5 Å². The average Bonchev–Trinajstić information content (AvgIpc) is 1.95. The van der Waals surface area contributed by atoms with Crippen molar-refractivity contribution in [3.05, 3.63) is 0 Å². The van der Waals surface area contributed by atoms with Gasteiger partial charge in [-0.25, -0.2) is 0 Å². The summed E-state index contributed by atoms with van der Waals surface area (Å²) in [5.74, 6) is 0.713. The molecule has 1 atom stereocenters. The van der Waals surface area contributed by atoms with Crippen molar-refractivity contribution in [2.24, 2.45) is 17.1 Å². The summed E-state index contributed by atoms with van der Waals surface area (Å²) in [5.41, 5.74) is 6.17. The SMILES string of the molecule is CCOC(CN)C1CC(C)(C)C1. The second kappa shape index (κ2) is 3.75. The van der Waals surface area contributed by atoms with E-state index in [0.29, 0.717) is 24.0 Å².